The van der Waals surface area contributed by atoms with Crippen molar-refractivity contribution in [2.45, 2.75) is 13.0 Å². The van der Waals surface area contributed by atoms with E-state index in [1.165, 1.54) is 29.2 Å². The average molecular weight is 461 g/mol. The number of carbonyl (C=O) groups excluding carboxylic acids is 3. The van der Waals surface area contributed by atoms with E-state index in [0.29, 0.717) is 29.2 Å². The molecule has 0 aromatic heterocycles. The van der Waals surface area contributed by atoms with Crippen molar-refractivity contribution >= 4 is 29.1 Å². The second-order valence-electron chi connectivity index (χ2n) is 7.95. The Hall–Kier alpha value is -4.20. The Balaban J connectivity index is 1.41. The molecule has 1 fully saturated rings. The number of hydrogen-bond acceptors (Lipinski definition) is 4. The lowest BCUT2D eigenvalue weighted by atomic mass is 10.1. The van der Waals surface area contributed by atoms with Crippen LogP contribution in [0.2, 0.25) is 0 Å². The number of rotatable bonds is 7. The summed E-state index contributed by atoms with van der Waals surface area (Å²) in [7, 11) is 1.58. The monoisotopic (exact) mass is 461 g/mol. The van der Waals surface area contributed by atoms with Crippen molar-refractivity contribution < 1.29 is 23.5 Å². The molecule has 0 radical (unpaired) electrons. The summed E-state index contributed by atoms with van der Waals surface area (Å²) in [6.07, 6.45) is 0.0351. The molecule has 0 unspecified atom stereocenters. The lowest BCUT2D eigenvalue weighted by Crippen LogP contribution is -2.29. The number of methoxy groups -OCH3 is 1. The first-order valence-electron chi connectivity index (χ1n) is 10.8. The highest BCUT2D eigenvalue weighted by Gasteiger charge is 2.35. The number of nitrogens with zero attached hydrogens (tertiary/aromatic N) is 1. The van der Waals surface area contributed by atoms with E-state index in [1.807, 2.05) is 24.3 Å². The van der Waals surface area contributed by atoms with Crippen molar-refractivity contribution in [2.75, 3.05) is 23.9 Å². The molecule has 34 heavy (non-hydrogen) atoms. The molecule has 3 aromatic carbocycles. The van der Waals surface area contributed by atoms with Gasteiger partial charge in [-0.05, 0) is 54.1 Å². The van der Waals surface area contributed by atoms with E-state index in [1.54, 1.807) is 31.4 Å². The Morgan fingerprint density at radius 1 is 1.06 bits per heavy atom. The number of amides is 3. The molecule has 4 rings (SSSR count). The predicted molar refractivity (Wildman–Crippen MR) is 126 cm³/mol. The summed E-state index contributed by atoms with van der Waals surface area (Å²) in [5.74, 6) is -1.20. The van der Waals surface area contributed by atoms with Gasteiger partial charge in [-0.15, -0.1) is 0 Å². The van der Waals surface area contributed by atoms with Crippen molar-refractivity contribution in [3.63, 3.8) is 0 Å². The van der Waals surface area contributed by atoms with Gasteiger partial charge in [-0.1, -0.05) is 24.3 Å². The van der Waals surface area contributed by atoms with Gasteiger partial charge in [-0.25, -0.2) is 4.39 Å². The van der Waals surface area contributed by atoms with Gasteiger partial charge in [0, 0.05) is 25.2 Å². The van der Waals surface area contributed by atoms with Gasteiger partial charge >= 0.3 is 0 Å². The Bertz CT molecular complexity index is 1210. The molecule has 1 heterocycles. The van der Waals surface area contributed by atoms with Gasteiger partial charge in [0.1, 0.15) is 11.6 Å². The standard InChI is InChI=1S/C26H24FN3O4/c1-34-21-6-4-5-17(13-21)15-28-26(33)22-7-2-3-8-23(22)29-25(32)18-14-24(31)30(16-18)20-11-9-19(27)10-12-20/h2-13,18H,14-16H2,1H3,(H,28,33)(H,29,32)/t18-/m1/s1. The van der Waals surface area contributed by atoms with Crippen LogP contribution in [0.5, 0.6) is 5.75 Å². The summed E-state index contributed by atoms with van der Waals surface area (Å²) < 4.78 is 18.4. The van der Waals surface area contributed by atoms with Crippen LogP contribution in [0, 0.1) is 11.7 Å². The summed E-state index contributed by atoms with van der Waals surface area (Å²) in [4.78, 5) is 39.7. The average Bonchev–Trinajstić information content (AvgIpc) is 3.25. The van der Waals surface area contributed by atoms with E-state index in [0.717, 1.165) is 5.56 Å². The molecule has 0 bridgehead atoms. The largest absolute Gasteiger partial charge is 0.497 e. The molecule has 1 aliphatic heterocycles. The number of anilines is 2. The number of nitrogens with one attached hydrogen (secondary N) is 2. The molecule has 3 aromatic rings. The van der Waals surface area contributed by atoms with Gasteiger partial charge in [0.05, 0.1) is 24.3 Å². The molecule has 8 heteroatoms. The minimum absolute atomic E-state index is 0.0351. The number of hydrogen-bond donors (Lipinski definition) is 2. The van der Waals surface area contributed by atoms with Crippen LogP contribution in [-0.2, 0) is 16.1 Å². The van der Waals surface area contributed by atoms with Crippen LogP contribution >= 0.6 is 0 Å². The fraction of sp³-hybridized carbons (Fsp3) is 0.192. The Morgan fingerprint density at radius 2 is 1.82 bits per heavy atom. The normalized spacial score (nSPS) is 15.2. The zero-order chi connectivity index (χ0) is 24.1. The number of benzene rings is 3. The van der Waals surface area contributed by atoms with Crippen molar-refractivity contribution in [1.29, 1.82) is 0 Å². The summed E-state index contributed by atoms with van der Waals surface area (Å²) in [5.41, 5.74) is 2.10. The van der Waals surface area contributed by atoms with Crippen molar-refractivity contribution in [1.82, 2.24) is 5.32 Å². The first-order valence-corrected chi connectivity index (χ1v) is 10.8. The van der Waals surface area contributed by atoms with E-state index in [2.05, 4.69) is 10.6 Å². The minimum Gasteiger partial charge on any atom is -0.497 e. The molecule has 1 saturated heterocycles. The molecule has 2 N–H and O–H groups in total. The van der Waals surface area contributed by atoms with Gasteiger partial charge in [0.25, 0.3) is 5.91 Å². The highest BCUT2D eigenvalue weighted by molar-refractivity contribution is 6.07. The smallest absolute Gasteiger partial charge is 0.253 e. The molecule has 0 spiro atoms. The van der Waals surface area contributed by atoms with E-state index >= 15 is 0 Å². The van der Waals surface area contributed by atoms with Crippen LogP contribution in [0.4, 0.5) is 15.8 Å². The maximum Gasteiger partial charge on any atom is 0.253 e. The minimum atomic E-state index is -0.592. The number of ether oxygens (including phenoxy) is 1. The number of halogens is 1. The fourth-order valence-electron chi connectivity index (χ4n) is 3.84. The van der Waals surface area contributed by atoms with E-state index in [-0.39, 0.29) is 30.7 Å². The third-order valence-corrected chi connectivity index (χ3v) is 5.65. The van der Waals surface area contributed by atoms with Gasteiger partial charge in [-0.3, -0.25) is 14.4 Å². The molecular formula is C26H24FN3O4. The van der Waals surface area contributed by atoms with Crippen LogP contribution in [0.25, 0.3) is 0 Å². The molecule has 0 aliphatic carbocycles. The summed E-state index contributed by atoms with van der Waals surface area (Å²) >= 11 is 0. The quantitative estimate of drug-likeness (QED) is 0.561. The van der Waals surface area contributed by atoms with Gasteiger partial charge in [0.15, 0.2) is 0 Å². The first-order chi connectivity index (χ1) is 16.4. The first kappa shape index (κ1) is 23.0. The van der Waals surface area contributed by atoms with E-state index < -0.39 is 11.7 Å². The lowest BCUT2D eigenvalue weighted by molar-refractivity contribution is -0.122. The Morgan fingerprint density at radius 3 is 2.59 bits per heavy atom. The maximum atomic E-state index is 13.2. The van der Waals surface area contributed by atoms with Crippen LogP contribution < -0.4 is 20.3 Å². The highest BCUT2D eigenvalue weighted by atomic mass is 19.1. The van der Waals surface area contributed by atoms with Crippen molar-refractivity contribution in [2.24, 2.45) is 5.92 Å². The number of carbonyl (C=O) groups is 3. The third-order valence-electron chi connectivity index (χ3n) is 5.65. The highest BCUT2D eigenvalue weighted by Crippen LogP contribution is 2.27. The summed E-state index contributed by atoms with van der Waals surface area (Å²) in [6, 6.07) is 19.6. The van der Waals surface area contributed by atoms with Crippen LogP contribution in [0.15, 0.2) is 72.8 Å². The van der Waals surface area contributed by atoms with Gasteiger partial charge < -0.3 is 20.3 Å². The molecular weight excluding hydrogens is 437 g/mol. The van der Waals surface area contributed by atoms with E-state index in [4.69, 9.17) is 4.74 Å². The third kappa shape index (κ3) is 5.23. The molecule has 7 nitrogen and oxygen atoms in total. The molecule has 3 amide bonds. The van der Waals surface area contributed by atoms with Crippen molar-refractivity contribution in [3.8, 4) is 5.75 Å². The second-order valence-corrected chi connectivity index (χ2v) is 7.95. The molecule has 0 saturated carbocycles. The zero-order valence-electron chi connectivity index (χ0n) is 18.6. The summed E-state index contributed by atoms with van der Waals surface area (Å²) in [5, 5.41) is 5.64. The van der Waals surface area contributed by atoms with Crippen LogP contribution in [0.1, 0.15) is 22.3 Å². The van der Waals surface area contributed by atoms with Crippen molar-refractivity contribution in [3.05, 3.63) is 89.7 Å². The van der Waals surface area contributed by atoms with Crippen LogP contribution in [0.3, 0.4) is 0 Å². The second kappa shape index (κ2) is 10.2. The summed E-state index contributed by atoms with van der Waals surface area (Å²) in [6.45, 7) is 0.475. The predicted octanol–water partition coefficient (Wildman–Crippen LogP) is 3.76. The molecule has 174 valence electrons. The van der Waals surface area contributed by atoms with Crippen LogP contribution in [-0.4, -0.2) is 31.4 Å². The van der Waals surface area contributed by atoms with Gasteiger partial charge in [0.2, 0.25) is 11.8 Å². The zero-order valence-corrected chi connectivity index (χ0v) is 18.6. The lowest BCUT2D eigenvalue weighted by Gasteiger charge is -2.17. The molecule has 1 aliphatic rings. The molecule has 1 atom stereocenters. The number of para-hydroxylation sites is 1. The topological polar surface area (TPSA) is 87.7 Å². The SMILES string of the molecule is COc1cccc(CNC(=O)c2ccccc2NC(=O)[C@@H]2CC(=O)N(c3ccc(F)cc3)C2)c1. The maximum absolute atomic E-state index is 13.2. The Kier molecular flexibility index (Phi) is 6.87. The van der Waals surface area contributed by atoms with Gasteiger partial charge in [-0.2, -0.15) is 0 Å². The van der Waals surface area contributed by atoms with E-state index in [9.17, 15) is 18.8 Å². The fourth-order valence-corrected chi connectivity index (χ4v) is 3.84. The Labute approximate surface area is 196 Å².